The average Bonchev–Trinajstić information content (AvgIpc) is 3.17. The van der Waals surface area contributed by atoms with Gasteiger partial charge in [-0.05, 0) is 19.8 Å². The lowest BCUT2D eigenvalue weighted by atomic mass is 10.3. The standard InChI is InChI=1S/C6H3N11O4/c18-16(19)5-7-3(11-13-5)1-2(10-15-9-1)4-8-6(14-12-4)17(20)21/h(H,7,11,13)(H,8,12,14)(H,9,10,15). The molecule has 3 heterocycles. The van der Waals surface area contributed by atoms with Crippen LogP contribution in [0.3, 0.4) is 0 Å². The highest BCUT2D eigenvalue weighted by molar-refractivity contribution is 5.69. The summed E-state index contributed by atoms with van der Waals surface area (Å²) in [5, 5.41) is 42.2. The predicted octanol–water partition coefficient (Wildman–Crippen LogP) is -0.809. The Bertz CT molecular complexity index is 763. The molecule has 0 saturated heterocycles. The van der Waals surface area contributed by atoms with Gasteiger partial charge in [0.2, 0.25) is 0 Å². The molecule has 21 heavy (non-hydrogen) atoms. The van der Waals surface area contributed by atoms with Crippen molar-refractivity contribution in [2.75, 3.05) is 0 Å². The van der Waals surface area contributed by atoms with E-state index in [0.717, 1.165) is 0 Å². The zero-order chi connectivity index (χ0) is 15.0. The van der Waals surface area contributed by atoms with E-state index < -0.39 is 21.7 Å². The van der Waals surface area contributed by atoms with Gasteiger partial charge in [-0.1, -0.05) is 10.2 Å². The second kappa shape index (κ2) is 4.40. The van der Waals surface area contributed by atoms with Crippen molar-refractivity contribution < 1.29 is 9.85 Å². The quantitative estimate of drug-likeness (QED) is 0.401. The number of H-pyrrole nitrogens is 3. The van der Waals surface area contributed by atoms with Crippen molar-refractivity contribution in [2.45, 2.75) is 0 Å². The molecule has 15 heteroatoms. The maximum Gasteiger partial charge on any atom is 0.453 e. The summed E-state index contributed by atoms with van der Waals surface area (Å²) in [7, 11) is 0. The van der Waals surface area contributed by atoms with Crippen LogP contribution < -0.4 is 0 Å². The van der Waals surface area contributed by atoms with Gasteiger partial charge >= 0.3 is 11.9 Å². The lowest BCUT2D eigenvalue weighted by Crippen LogP contribution is -1.91. The van der Waals surface area contributed by atoms with Crippen LogP contribution in [0.25, 0.3) is 23.0 Å². The van der Waals surface area contributed by atoms with Gasteiger partial charge in [0.25, 0.3) is 11.6 Å². The molecule has 0 bridgehead atoms. The van der Waals surface area contributed by atoms with Gasteiger partial charge in [0.15, 0.2) is 11.4 Å². The zero-order valence-corrected chi connectivity index (χ0v) is 9.71. The smallest absolute Gasteiger partial charge is 0.390 e. The number of nitrogens with one attached hydrogen (secondary N) is 3. The largest absolute Gasteiger partial charge is 0.453 e. The Morgan fingerprint density at radius 3 is 1.52 bits per heavy atom. The summed E-state index contributed by atoms with van der Waals surface area (Å²) in [5.74, 6) is -1.42. The van der Waals surface area contributed by atoms with Gasteiger partial charge in [-0.15, -0.1) is 10.2 Å². The van der Waals surface area contributed by atoms with Crippen LogP contribution in [0.2, 0.25) is 0 Å². The fourth-order valence-electron chi connectivity index (χ4n) is 1.42. The summed E-state index contributed by atoms with van der Waals surface area (Å²) >= 11 is 0. The molecular weight excluding hydrogens is 290 g/mol. The van der Waals surface area contributed by atoms with Gasteiger partial charge < -0.3 is 20.2 Å². The second-order valence-corrected chi connectivity index (χ2v) is 3.50. The highest BCUT2D eigenvalue weighted by Crippen LogP contribution is 2.24. The Balaban J connectivity index is 2.03. The third kappa shape index (κ3) is 2.03. The van der Waals surface area contributed by atoms with E-state index >= 15 is 0 Å². The van der Waals surface area contributed by atoms with E-state index in [1.54, 1.807) is 0 Å². The minimum atomic E-state index is -0.770. The number of hydrogen-bond acceptors (Lipinski definition) is 10. The topological polar surface area (TPSA) is 211 Å². The molecule has 0 aliphatic carbocycles. The first-order valence-corrected chi connectivity index (χ1v) is 5.11. The Kier molecular flexibility index (Phi) is 2.57. The molecule has 0 atom stereocenters. The van der Waals surface area contributed by atoms with E-state index in [1.807, 2.05) is 0 Å². The van der Waals surface area contributed by atoms with Crippen molar-refractivity contribution in [2.24, 2.45) is 0 Å². The molecule has 0 unspecified atom stereocenters. The van der Waals surface area contributed by atoms with E-state index in [4.69, 9.17) is 0 Å². The van der Waals surface area contributed by atoms with Crippen LogP contribution in [0, 0.1) is 20.2 Å². The van der Waals surface area contributed by atoms with Crippen LogP contribution in [0.15, 0.2) is 0 Å². The normalized spacial score (nSPS) is 10.7. The first-order valence-electron chi connectivity index (χ1n) is 5.11. The van der Waals surface area contributed by atoms with Crippen LogP contribution in [0.5, 0.6) is 0 Å². The van der Waals surface area contributed by atoms with E-state index in [9.17, 15) is 20.2 Å². The maximum atomic E-state index is 10.5. The molecule has 15 nitrogen and oxygen atoms in total. The summed E-state index contributed by atoms with van der Waals surface area (Å²) in [4.78, 5) is 26.7. The van der Waals surface area contributed by atoms with Crippen LogP contribution in [0.4, 0.5) is 11.9 Å². The lowest BCUT2D eigenvalue weighted by molar-refractivity contribution is -0.394. The van der Waals surface area contributed by atoms with E-state index in [-0.39, 0.29) is 23.0 Å². The van der Waals surface area contributed by atoms with Gasteiger partial charge in [0.1, 0.15) is 0 Å². The highest BCUT2D eigenvalue weighted by atomic mass is 16.6. The molecule has 3 aromatic rings. The van der Waals surface area contributed by atoms with E-state index in [0.29, 0.717) is 0 Å². The third-order valence-corrected chi connectivity index (χ3v) is 2.26. The Morgan fingerprint density at radius 2 is 1.19 bits per heavy atom. The number of rotatable bonds is 4. The first-order chi connectivity index (χ1) is 10.1. The molecule has 0 radical (unpaired) electrons. The summed E-state index contributed by atoms with van der Waals surface area (Å²) in [5.41, 5.74) is 0.0153. The summed E-state index contributed by atoms with van der Waals surface area (Å²) in [6, 6.07) is 0. The molecule has 0 aromatic carbocycles. The highest BCUT2D eigenvalue weighted by Gasteiger charge is 2.27. The van der Waals surface area contributed by atoms with E-state index in [1.165, 1.54) is 0 Å². The van der Waals surface area contributed by atoms with Gasteiger partial charge in [0.05, 0.1) is 0 Å². The second-order valence-electron chi connectivity index (χ2n) is 3.50. The van der Waals surface area contributed by atoms with E-state index in [2.05, 4.69) is 45.8 Å². The minimum absolute atomic E-state index is 0.00764. The zero-order valence-electron chi connectivity index (χ0n) is 9.71. The number of aromatic nitrogens is 9. The van der Waals surface area contributed by atoms with Crippen molar-refractivity contribution in [3.8, 4) is 23.0 Å². The van der Waals surface area contributed by atoms with Crippen molar-refractivity contribution in [3.05, 3.63) is 20.2 Å². The van der Waals surface area contributed by atoms with Crippen molar-refractivity contribution in [1.29, 1.82) is 0 Å². The Labute approximate surface area is 112 Å². The number of nitrogens with zero attached hydrogens (tertiary/aromatic N) is 8. The molecule has 0 aliphatic heterocycles. The Morgan fingerprint density at radius 1 is 0.762 bits per heavy atom. The molecule has 3 N–H and O–H groups in total. The molecule has 3 aromatic heterocycles. The molecule has 0 spiro atoms. The van der Waals surface area contributed by atoms with Gasteiger partial charge in [-0.3, -0.25) is 0 Å². The number of nitro groups is 2. The van der Waals surface area contributed by atoms with Gasteiger partial charge in [0, 0.05) is 0 Å². The van der Waals surface area contributed by atoms with Crippen LogP contribution >= 0.6 is 0 Å². The molecule has 3 rings (SSSR count). The lowest BCUT2D eigenvalue weighted by Gasteiger charge is -1.86. The molecule has 0 saturated carbocycles. The average molecular weight is 293 g/mol. The summed E-state index contributed by atoms with van der Waals surface area (Å²) in [6.45, 7) is 0. The van der Waals surface area contributed by atoms with Gasteiger partial charge in [-0.25, -0.2) is 0 Å². The maximum absolute atomic E-state index is 10.5. The fraction of sp³-hybridized carbons (Fsp3) is 0. The van der Waals surface area contributed by atoms with Crippen LogP contribution in [-0.2, 0) is 0 Å². The predicted molar refractivity (Wildman–Crippen MR) is 60.4 cm³/mol. The Hall–Kier alpha value is -3.78. The summed E-state index contributed by atoms with van der Waals surface area (Å²) < 4.78 is 0. The van der Waals surface area contributed by atoms with Crippen molar-refractivity contribution >= 4 is 11.9 Å². The molecular formula is C6H3N11O4. The first kappa shape index (κ1) is 12.3. The molecule has 0 aliphatic rings. The number of hydrogen-bond donors (Lipinski definition) is 3. The van der Waals surface area contributed by atoms with Crippen LogP contribution in [0.1, 0.15) is 0 Å². The van der Waals surface area contributed by atoms with Gasteiger partial charge in [-0.2, -0.15) is 15.4 Å². The molecule has 0 amide bonds. The number of aromatic amines is 3. The molecule has 106 valence electrons. The monoisotopic (exact) mass is 293 g/mol. The van der Waals surface area contributed by atoms with Crippen LogP contribution in [-0.4, -0.2) is 55.6 Å². The fourth-order valence-corrected chi connectivity index (χ4v) is 1.42. The van der Waals surface area contributed by atoms with Crippen molar-refractivity contribution in [3.63, 3.8) is 0 Å². The SMILES string of the molecule is O=[N+]([O-])c1nc(-c2n[nH]nc2-c2n[nH]c([N+](=O)[O-])n2)n[nH]1. The van der Waals surface area contributed by atoms with Crippen molar-refractivity contribution in [1.82, 2.24) is 45.8 Å². The third-order valence-electron chi connectivity index (χ3n) is 2.26. The minimum Gasteiger partial charge on any atom is -0.390 e. The summed E-state index contributed by atoms with van der Waals surface area (Å²) in [6.07, 6.45) is 0. The molecule has 0 fully saturated rings.